The van der Waals surface area contributed by atoms with Crippen molar-refractivity contribution in [3.05, 3.63) is 23.5 Å². The standard InChI is InChI=1S/C16H22N2O3/c1-11-8-9-15(14(10-19)17-11)21-12(2)16(20)18-13-6-4-3-5-7-13/h8-10,12-13H,3-7H2,1-2H3,(H,18,20). The molecular formula is C16H22N2O3. The van der Waals surface area contributed by atoms with Crippen LogP contribution >= 0.6 is 0 Å². The van der Waals surface area contributed by atoms with E-state index < -0.39 is 6.10 Å². The van der Waals surface area contributed by atoms with E-state index in [1.807, 2.05) is 0 Å². The second kappa shape index (κ2) is 7.20. The zero-order valence-corrected chi connectivity index (χ0v) is 12.6. The first-order valence-electron chi connectivity index (χ1n) is 7.50. The topological polar surface area (TPSA) is 68.3 Å². The first kappa shape index (κ1) is 15.5. The summed E-state index contributed by atoms with van der Waals surface area (Å²) in [6.45, 7) is 3.49. The van der Waals surface area contributed by atoms with E-state index in [2.05, 4.69) is 10.3 Å². The number of aldehydes is 1. The van der Waals surface area contributed by atoms with Crippen LogP contribution in [0.3, 0.4) is 0 Å². The van der Waals surface area contributed by atoms with Crippen LogP contribution in [-0.4, -0.2) is 29.3 Å². The van der Waals surface area contributed by atoms with Gasteiger partial charge < -0.3 is 10.1 Å². The quantitative estimate of drug-likeness (QED) is 0.846. The Morgan fingerprint density at radius 3 is 2.76 bits per heavy atom. The first-order valence-corrected chi connectivity index (χ1v) is 7.50. The molecule has 1 aromatic heterocycles. The number of rotatable bonds is 5. The molecule has 1 fully saturated rings. The van der Waals surface area contributed by atoms with E-state index in [0.29, 0.717) is 12.0 Å². The third-order valence-electron chi connectivity index (χ3n) is 3.76. The molecule has 21 heavy (non-hydrogen) atoms. The van der Waals surface area contributed by atoms with Gasteiger partial charge in [-0.1, -0.05) is 19.3 Å². The number of hydrogen-bond acceptors (Lipinski definition) is 4. The van der Waals surface area contributed by atoms with Crippen molar-refractivity contribution in [1.29, 1.82) is 0 Å². The van der Waals surface area contributed by atoms with E-state index in [1.165, 1.54) is 6.42 Å². The van der Waals surface area contributed by atoms with Crippen molar-refractivity contribution in [2.45, 2.75) is 58.1 Å². The minimum Gasteiger partial charge on any atom is -0.479 e. The average molecular weight is 290 g/mol. The maximum atomic E-state index is 12.1. The molecule has 1 aliphatic rings. The molecule has 1 saturated carbocycles. The summed E-state index contributed by atoms with van der Waals surface area (Å²) in [7, 11) is 0. The van der Waals surface area contributed by atoms with Crippen molar-refractivity contribution in [1.82, 2.24) is 10.3 Å². The smallest absolute Gasteiger partial charge is 0.260 e. The number of hydrogen-bond donors (Lipinski definition) is 1. The van der Waals surface area contributed by atoms with Crippen molar-refractivity contribution >= 4 is 12.2 Å². The van der Waals surface area contributed by atoms with Gasteiger partial charge in [0.15, 0.2) is 12.4 Å². The van der Waals surface area contributed by atoms with Gasteiger partial charge in [-0.3, -0.25) is 9.59 Å². The summed E-state index contributed by atoms with van der Waals surface area (Å²) in [6, 6.07) is 3.68. The molecule has 1 aromatic rings. The largest absolute Gasteiger partial charge is 0.479 e. The molecular weight excluding hydrogens is 268 g/mol. The summed E-state index contributed by atoms with van der Waals surface area (Å²) in [4.78, 5) is 27.2. The van der Waals surface area contributed by atoms with E-state index in [1.54, 1.807) is 26.0 Å². The number of carbonyl (C=O) groups is 2. The Morgan fingerprint density at radius 2 is 2.10 bits per heavy atom. The summed E-state index contributed by atoms with van der Waals surface area (Å²) in [5.41, 5.74) is 0.969. The number of pyridine rings is 1. The molecule has 1 atom stereocenters. The van der Waals surface area contributed by atoms with E-state index in [0.717, 1.165) is 31.4 Å². The Balaban J connectivity index is 1.95. The van der Waals surface area contributed by atoms with Gasteiger partial charge in [0.05, 0.1) is 0 Å². The predicted molar refractivity (Wildman–Crippen MR) is 79.5 cm³/mol. The van der Waals surface area contributed by atoms with Crippen LogP contribution < -0.4 is 10.1 Å². The van der Waals surface area contributed by atoms with Crippen LogP contribution in [0.5, 0.6) is 5.75 Å². The molecule has 2 rings (SSSR count). The molecule has 114 valence electrons. The van der Waals surface area contributed by atoms with E-state index >= 15 is 0 Å². The van der Waals surface area contributed by atoms with Crippen LogP contribution in [0.15, 0.2) is 12.1 Å². The normalized spacial score (nSPS) is 17.0. The van der Waals surface area contributed by atoms with Gasteiger partial charge >= 0.3 is 0 Å². The van der Waals surface area contributed by atoms with Gasteiger partial charge in [0.1, 0.15) is 11.4 Å². The number of carbonyl (C=O) groups excluding carboxylic acids is 2. The van der Waals surface area contributed by atoms with Gasteiger partial charge in [0.2, 0.25) is 0 Å². The lowest BCUT2D eigenvalue weighted by atomic mass is 9.95. The fraction of sp³-hybridized carbons (Fsp3) is 0.562. The Labute approximate surface area is 125 Å². The third kappa shape index (κ3) is 4.28. The van der Waals surface area contributed by atoms with Gasteiger partial charge in [-0.2, -0.15) is 0 Å². The van der Waals surface area contributed by atoms with Crippen molar-refractivity contribution < 1.29 is 14.3 Å². The average Bonchev–Trinajstić information content (AvgIpc) is 2.49. The molecule has 0 spiro atoms. The lowest BCUT2D eigenvalue weighted by Crippen LogP contribution is -2.43. The molecule has 0 saturated heterocycles. The highest BCUT2D eigenvalue weighted by atomic mass is 16.5. The van der Waals surface area contributed by atoms with Crippen LogP contribution in [0.2, 0.25) is 0 Å². The van der Waals surface area contributed by atoms with Crippen LogP contribution in [0.4, 0.5) is 0 Å². The Kier molecular flexibility index (Phi) is 5.31. The van der Waals surface area contributed by atoms with Crippen molar-refractivity contribution in [2.75, 3.05) is 0 Å². The molecule has 0 bridgehead atoms. The van der Waals surface area contributed by atoms with Crippen LogP contribution in [0, 0.1) is 6.92 Å². The van der Waals surface area contributed by atoms with Gasteiger partial charge in [-0.05, 0) is 38.8 Å². The summed E-state index contributed by atoms with van der Waals surface area (Å²) in [6.07, 6.45) is 5.64. The summed E-state index contributed by atoms with van der Waals surface area (Å²) in [5, 5.41) is 3.02. The number of aromatic nitrogens is 1. The maximum absolute atomic E-state index is 12.1. The van der Waals surface area contributed by atoms with Crippen LogP contribution in [0.1, 0.15) is 55.2 Å². The third-order valence-corrected chi connectivity index (χ3v) is 3.76. The second-order valence-electron chi connectivity index (χ2n) is 5.56. The van der Waals surface area contributed by atoms with E-state index in [9.17, 15) is 9.59 Å². The molecule has 0 aliphatic heterocycles. The summed E-state index contributed by atoms with van der Waals surface area (Å²) < 4.78 is 5.59. The highest BCUT2D eigenvalue weighted by molar-refractivity contribution is 5.82. The minimum atomic E-state index is -0.643. The number of aryl methyl sites for hydroxylation is 1. The highest BCUT2D eigenvalue weighted by Gasteiger charge is 2.21. The van der Waals surface area contributed by atoms with Gasteiger partial charge in [-0.25, -0.2) is 4.98 Å². The Hall–Kier alpha value is -1.91. The molecule has 1 N–H and O–H groups in total. The zero-order chi connectivity index (χ0) is 15.2. The van der Waals surface area contributed by atoms with Gasteiger partial charge in [0.25, 0.3) is 5.91 Å². The Bertz CT molecular complexity index is 510. The predicted octanol–water partition coefficient (Wildman–Crippen LogP) is 2.42. The molecule has 1 amide bonds. The Morgan fingerprint density at radius 1 is 1.38 bits per heavy atom. The number of amides is 1. The van der Waals surface area contributed by atoms with Gasteiger partial charge in [0, 0.05) is 11.7 Å². The van der Waals surface area contributed by atoms with Crippen LogP contribution in [-0.2, 0) is 4.79 Å². The van der Waals surface area contributed by atoms with Crippen LogP contribution in [0.25, 0.3) is 0 Å². The fourth-order valence-corrected chi connectivity index (χ4v) is 2.56. The first-order chi connectivity index (χ1) is 10.1. The fourth-order valence-electron chi connectivity index (χ4n) is 2.56. The van der Waals surface area contributed by atoms with Gasteiger partial charge in [-0.15, -0.1) is 0 Å². The molecule has 5 nitrogen and oxygen atoms in total. The molecule has 1 unspecified atom stereocenters. The van der Waals surface area contributed by atoms with Crippen molar-refractivity contribution in [2.24, 2.45) is 0 Å². The molecule has 0 aromatic carbocycles. The summed E-state index contributed by atoms with van der Waals surface area (Å²) >= 11 is 0. The number of nitrogens with zero attached hydrogens (tertiary/aromatic N) is 1. The van der Waals surface area contributed by atoms with Crippen molar-refractivity contribution in [3.8, 4) is 5.75 Å². The summed E-state index contributed by atoms with van der Waals surface area (Å²) in [5.74, 6) is 0.209. The maximum Gasteiger partial charge on any atom is 0.260 e. The molecule has 1 aliphatic carbocycles. The highest BCUT2D eigenvalue weighted by Crippen LogP contribution is 2.19. The minimum absolute atomic E-state index is 0.140. The van der Waals surface area contributed by atoms with E-state index in [4.69, 9.17) is 4.74 Å². The SMILES string of the molecule is Cc1ccc(OC(C)C(=O)NC2CCCCC2)c(C=O)n1. The monoisotopic (exact) mass is 290 g/mol. The number of nitrogens with one attached hydrogen (secondary N) is 1. The molecule has 0 radical (unpaired) electrons. The second-order valence-corrected chi connectivity index (χ2v) is 5.56. The molecule has 5 heteroatoms. The zero-order valence-electron chi connectivity index (χ0n) is 12.6. The number of ether oxygens (including phenoxy) is 1. The van der Waals surface area contributed by atoms with E-state index in [-0.39, 0.29) is 17.6 Å². The lowest BCUT2D eigenvalue weighted by molar-refractivity contribution is -0.128. The van der Waals surface area contributed by atoms with Crippen molar-refractivity contribution in [3.63, 3.8) is 0 Å². The lowest BCUT2D eigenvalue weighted by Gasteiger charge is -2.24. The molecule has 1 heterocycles.